The Labute approximate surface area is 165 Å². The molecular formula is C20H23Cl3O2. The molecule has 2 rings (SSSR count). The van der Waals surface area contributed by atoms with Crippen LogP contribution in [0, 0.1) is 0 Å². The third-order valence-electron chi connectivity index (χ3n) is 3.70. The highest BCUT2D eigenvalue weighted by Crippen LogP contribution is 2.46. The Morgan fingerprint density at radius 2 is 1.08 bits per heavy atom. The van der Waals surface area contributed by atoms with E-state index >= 15 is 0 Å². The summed E-state index contributed by atoms with van der Waals surface area (Å²) in [5.74, 6) is 1.26. The van der Waals surface area contributed by atoms with Crippen LogP contribution in [0.4, 0.5) is 0 Å². The van der Waals surface area contributed by atoms with Crippen LogP contribution in [-0.4, -0.2) is 17.0 Å². The molecule has 0 saturated carbocycles. The van der Waals surface area contributed by atoms with Gasteiger partial charge in [0.15, 0.2) is 0 Å². The van der Waals surface area contributed by atoms with Crippen LogP contribution in [0.3, 0.4) is 0 Å². The number of alkyl halides is 3. The van der Waals surface area contributed by atoms with Gasteiger partial charge in [-0.2, -0.15) is 0 Å². The molecule has 0 bridgehead atoms. The average Bonchev–Trinajstić information content (AvgIpc) is 2.59. The predicted molar refractivity (Wildman–Crippen MR) is 107 cm³/mol. The lowest BCUT2D eigenvalue weighted by atomic mass is 9.92. The van der Waals surface area contributed by atoms with Gasteiger partial charge >= 0.3 is 0 Å². The zero-order valence-corrected chi connectivity index (χ0v) is 16.7. The summed E-state index contributed by atoms with van der Waals surface area (Å²) in [6, 6.07) is 15.4. The Morgan fingerprint density at radius 1 is 0.720 bits per heavy atom. The zero-order chi connectivity index (χ0) is 18.3. The zero-order valence-electron chi connectivity index (χ0n) is 14.5. The molecule has 0 saturated heterocycles. The predicted octanol–water partition coefficient (Wildman–Crippen LogP) is 6.77. The lowest BCUT2D eigenvalue weighted by Crippen LogP contribution is -2.18. The first-order valence-electron chi connectivity index (χ1n) is 8.48. The molecular weight excluding hydrogens is 379 g/mol. The topological polar surface area (TPSA) is 18.5 Å². The third-order valence-corrected chi connectivity index (χ3v) is 4.35. The first-order chi connectivity index (χ1) is 12.0. The lowest BCUT2D eigenvalue weighted by molar-refractivity contribution is 0.317. The molecule has 0 heterocycles. The summed E-state index contributed by atoms with van der Waals surface area (Å²) >= 11 is 18.9. The smallest absolute Gasteiger partial charge is 0.201 e. The number of ether oxygens (including phenoxy) is 2. The van der Waals surface area contributed by atoms with Crippen molar-refractivity contribution in [2.45, 2.75) is 36.4 Å². The van der Waals surface area contributed by atoms with E-state index in [0.717, 1.165) is 35.5 Å². The summed E-state index contributed by atoms with van der Waals surface area (Å²) in [4.78, 5) is 0. The summed E-state index contributed by atoms with van der Waals surface area (Å²) < 4.78 is 9.78. The lowest BCUT2D eigenvalue weighted by Gasteiger charge is -2.26. The van der Waals surface area contributed by atoms with Crippen molar-refractivity contribution >= 4 is 34.8 Å². The third kappa shape index (κ3) is 5.99. The van der Waals surface area contributed by atoms with Gasteiger partial charge in [-0.15, -0.1) is 0 Å². The Kier molecular flexibility index (Phi) is 7.74. The van der Waals surface area contributed by atoms with E-state index < -0.39 is 3.79 Å². The van der Waals surface area contributed by atoms with Crippen molar-refractivity contribution in [3.8, 4) is 11.5 Å². The maximum atomic E-state index is 6.28. The van der Waals surface area contributed by atoms with Crippen molar-refractivity contribution in [2.75, 3.05) is 13.2 Å². The molecule has 25 heavy (non-hydrogen) atoms. The van der Waals surface area contributed by atoms with E-state index in [2.05, 4.69) is 13.8 Å². The Balaban J connectivity index is 2.24. The molecule has 0 aliphatic heterocycles. The van der Waals surface area contributed by atoms with Gasteiger partial charge in [-0.05, 0) is 48.2 Å². The largest absolute Gasteiger partial charge is 0.494 e. The van der Waals surface area contributed by atoms with Gasteiger partial charge in [-0.1, -0.05) is 72.9 Å². The molecule has 0 radical (unpaired) electrons. The normalized spacial score (nSPS) is 11.6. The van der Waals surface area contributed by atoms with Crippen LogP contribution < -0.4 is 9.47 Å². The Morgan fingerprint density at radius 3 is 1.36 bits per heavy atom. The molecule has 0 fully saturated rings. The molecule has 5 heteroatoms. The van der Waals surface area contributed by atoms with Gasteiger partial charge < -0.3 is 9.47 Å². The molecule has 0 N–H and O–H groups in total. The molecule has 2 nitrogen and oxygen atoms in total. The molecule has 0 spiro atoms. The molecule has 0 unspecified atom stereocenters. The number of benzene rings is 2. The second-order valence-corrected chi connectivity index (χ2v) is 8.18. The summed E-state index contributed by atoms with van der Waals surface area (Å²) in [6.07, 6.45) is 1.93. The highest BCUT2D eigenvalue weighted by atomic mass is 35.6. The van der Waals surface area contributed by atoms with E-state index in [1.807, 2.05) is 48.5 Å². The minimum absolute atomic E-state index is 0.377. The standard InChI is InChI=1S/C20H23Cl3O2/c1-3-13-24-17-9-5-15(6-10-17)19(20(21,22)23)16-7-11-18(12-8-16)25-14-4-2/h5-12,19H,3-4,13-14H2,1-2H3. The van der Waals surface area contributed by atoms with Crippen LogP contribution in [0.25, 0.3) is 0 Å². The molecule has 0 aliphatic carbocycles. The highest BCUT2D eigenvalue weighted by molar-refractivity contribution is 6.68. The highest BCUT2D eigenvalue weighted by Gasteiger charge is 2.35. The number of halogens is 3. The molecule has 0 amide bonds. The van der Waals surface area contributed by atoms with E-state index in [9.17, 15) is 0 Å². The monoisotopic (exact) mass is 400 g/mol. The van der Waals surface area contributed by atoms with Gasteiger partial charge in [0.1, 0.15) is 11.5 Å². The second kappa shape index (κ2) is 9.56. The van der Waals surface area contributed by atoms with Crippen LogP contribution in [0.1, 0.15) is 43.7 Å². The van der Waals surface area contributed by atoms with Gasteiger partial charge in [-0.3, -0.25) is 0 Å². The molecule has 2 aromatic rings. The van der Waals surface area contributed by atoms with Crippen molar-refractivity contribution in [3.63, 3.8) is 0 Å². The van der Waals surface area contributed by atoms with Crippen LogP contribution in [-0.2, 0) is 0 Å². The summed E-state index contributed by atoms with van der Waals surface area (Å²) in [6.45, 7) is 5.52. The van der Waals surface area contributed by atoms with Gasteiger partial charge in [0, 0.05) is 0 Å². The second-order valence-electron chi connectivity index (χ2n) is 5.81. The number of rotatable bonds is 8. The first-order valence-corrected chi connectivity index (χ1v) is 9.61. The Bertz CT molecular complexity index is 582. The number of hydrogen-bond donors (Lipinski definition) is 0. The van der Waals surface area contributed by atoms with Gasteiger partial charge in [0.05, 0.1) is 19.1 Å². The van der Waals surface area contributed by atoms with E-state index in [4.69, 9.17) is 44.3 Å². The van der Waals surface area contributed by atoms with E-state index in [1.165, 1.54) is 0 Å². The first kappa shape index (κ1) is 20.2. The summed E-state index contributed by atoms with van der Waals surface area (Å²) in [5, 5.41) is 0. The van der Waals surface area contributed by atoms with Crippen LogP contribution in [0.5, 0.6) is 11.5 Å². The van der Waals surface area contributed by atoms with Crippen LogP contribution >= 0.6 is 34.8 Å². The van der Waals surface area contributed by atoms with Gasteiger partial charge in [-0.25, -0.2) is 0 Å². The summed E-state index contributed by atoms with van der Waals surface area (Å²) in [5.41, 5.74) is 1.84. The van der Waals surface area contributed by atoms with Crippen LogP contribution in [0.2, 0.25) is 0 Å². The minimum atomic E-state index is -1.46. The Hall–Kier alpha value is -1.09. The van der Waals surface area contributed by atoms with Crippen molar-refractivity contribution in [2.24, 2.45) is 0 Å². The molecule has 0 aliphatic rings. The fourth-order valence-corrected chi connectivity index (χ4v) is 3.28. The van der Waals surface area contributed by atoms with Crippen molar-refractivity contribution in [1.82, 2.24) is 0 Å². The maximum absolute atomic E-state index is 6.28. The fraction of sp³-hybridized carbons (Fsp3) is 0.400. The molecule has 136 valence electrons. The molecule has 0 atom stereocenters. The van der Waals surface area contributed by atoms with Crippen molar-refractivity contribution in [3.05, 3.63) is 59.7 Å². The van der Waals surface area contributed by atoms with Gasteiger partial charge in [0.2, 0.25) is 3.79 Å². The minimum Gasteiger partial charge on any atom is -0.494 e. The SMILES string of the molecule is CCCOc1ccc(C(c2ccc(OCCC)cc2)C(Cl)(Cl)Cl)cc1. The van der Waals surface area contributed by atoms with Crippen LogP contribution in [0.15, 0.2) is 48.5 Å². The van der Waals surface area contributed by atoms with E-state index in [-0.39, 0.29) is 5.92 Å². The molecule has 2 aromatic carbocycles. The molecule has 0 aromatic heterocycles. The quantitative estimate of drug-likeness (QED) is 0.454. The fourth-order valence-electron chi connectivity index (χ4n) is 2.52. The maximum Gasteiger partial charge on any atom is 0.201 e. The van der Waals surface area contributed by atoms with E-state index in [0.29, 0.717) is 13.2 Å². The van der Waals surface area contributed by atoms with Gasteiger partial charge in [0.25, 0.3) is 0 Å². The van der Waals surface area contributed by atoms with Crippen molar-refractivity contribution < 1.29 is 9.47 Å². The summed E-state index contributed by atoms with van der Waals surface area (Å²) in [7, 11) is 0. The van der Waals surface area contributed by atoms with Crippen molar-refractivity contribution in [1.29, 1.82) is 0 Å². The van der Waals surface area contributed by atoms with E-state index in [1.54, 1.807) is 0 Å². The average molecular weight is 402 g/mol. The number of hydrogen-bond acceptors (Lipinski definition) is 2.